The van der Waals surface area contributed by atoms with Gasteiger partial charge in [-0.05, 0) is 62.6 Å². The zero-order valence-corrected chi connectivity index (χ0v) is 17.2. The molecule has 1 unspecified atom stereocenters. The van der Waals surface area contributed by atoms with Gasteiger partial charge in [0.15, 0.2) is 5.76 Å². The largest absolute Gasteiger partial charge is 0.450 e. The number of nitrogens with one attached hydrogen (secondary N) is 1. The molecule has 29 heavy (non-hydrogen) atoms. The number of hydrogen-bond acceptors (Lipinski definition) is 5. The van der Waals surface area contributed by atoms with Gasteiger partial charge in [0.2, 0.25) is 11.8 Å². The molecule has 1 atom stereocenters. The molecule has 1 aliphatic carbocycles. The molecular formula is C23H27N3O3. The van der Waals surface area contributed by atoms with Crippen molar-refractivity contribution in [2.24, 2.45) is 0 Å². The van der Waals surface area contributed by atoms with E-state index >= 15 is 0 Å². The molecule has 6 nitrogen and oxygen atoms in total. The number of rotatable bonds is 8. The minimum Gasteiger partial charge on any atom is -0.450 e. The molecule has 1 amide bonds. The molecule has 0 aliphatic heterocycles. The Balaban J connectivity index is 1.45. The van der Waals surface area contributed by atoms with Crippen molar-refractivity contribution in [1.82, 2.24) is 15.5 Å². The van der Waals surface area contributed by atoms with Crippen LogP contribution in [-0.2, 0) is 6.42 Å². The first-order valence-electron chi connectivity index (χ1n) is 10.2. The minimum absolute atomic E-state index is 0.151. The van der Waals surface area contributed by atoms with Gasteiger partial charge in [-0.25, -0.2) is 0 Å². The van der Waals surface area contributed by atoms with Gasteiger partial charge in [0.05, 0.1) is 0 Å². The molecule has 3 aromatic rings. The molecule has 1 aromatic carbocycles. The minimum atomic E-state index is -0.204. The number of amides is 1. The van der Waals surface area contributed by atoms with E-state index in [1.54, 1.807) is 13.0 Å². The summed E-state index contributed by atoms with van der Waals surface area (Å²) in [6, 6.07) is 4.23. The smallest absolute Gasteiger partial charge is 0.287 e. The Morgan fingerprint density at radius 1 is 1.28 bits per heavy atom. The molecule has 0 radical (unpaired) electrons. The SMILES string of the molecule is C=CC(CCCc1nnc(C)o1)NC(=O)c1oc2c(C)cc(C3CC3)cc2c1C. The Hall–Kier alpha value is -2.89. The monoisotopic (exact) mass is 393 g/mol. The molecule has 4 rings (SSSR count). The summed E-state index contributed by atoms with van der Waals surface area (Å²) in [6.07, 6.45) is 6.47. The lowest BCUT2D eigenvalue weighted by Crippen LogP contribution is -2.33. The first-order valence-corrected chi connectivity index (χ1v) is 10.2. The zero-order chi connectivity index (χ0) is 20.5. The number of aromatic nitrogens is 2. The van der Waals surface area contributed by atoms with Crippen LogP contribution in [0.4, 0.5) is 0 Å². The van der Waals surface area contributed by atoms with Crippen LogP contribution in [0.5, 0.6) is 0 Å². The number of nitrogens with zero attached hydrogens (tertiary/aromatic N) is 2. The Kier molecular flexibility index (Phi) is 5.26. The lowest BCUT2D eigenvalue weighted by atomic mass is 10.0. The predicted octanol–water partition coefficient (Wildman–Crippen LogP) is 4.93. The van der Waals surface area contributed by atoms with E-state index in [1.807, 2.05) is 13.8 Å². The second kappa shape index (κ2) is 7.85. The van der Waals surface area contributed by atoms with Gasteiger partial charge in [-0.15, -0.1) is 16.8 Å². The third kappa shape index (κ3) is 4.11. The van der Waals surface area contributed by atoms with Crippen molar-refractivity contribution >= 4 is 16.9 Å². The summed E-state index contributed by atoms with van der Waals surface area (Å²) in [5.41, 5.74) is 4.14. The van der Waals surface area contributed by atoms with Crippen molar-refractivity contribution in [2.75, 3.05) is 0 Å². The fourth-order valence-corrected chi connectivity index (χ4v) is 3.78. The molecule has 0 bridgehead atoms. The lowest BCUT2D eigenvalue weighted by Gasteiger charge is -2.13. The zero-order valence-electron chi connectivity index (χ0n) is 17.2. The van der Waals surface area contributed by atoms with Crippen LogP contribution >= 0.6 is 0 Å². The summed E-state index contributed by atoms with van der Waals surface area (Å²) in [6.45, 7) is 9.63. The molecule has 1 fully saturated rings. The average molecular weight is 393 g/mol. The number of benzene rings is 1. The number of fused-ring (bicyclic) bond motifs is 1. The van der Waals surface area contributed by atoms with Gasteiger partial charge in [0.25, 0.3) is 5.91 Å². The van der Waals surface area contributed by atoms with Crippen LogP contribution in [0, 0.1) is 20.8 Å². The molecule has 1 aliphatic rings. The maximum Gasteiger partial charge on any atom is 0.287 e. The third-order valence-corrected chi connectivity index (χ3v) is 5.58. The van der Waals surface area contributed by atoms with Crippen LogP contribution in [0.1, 0.15) is 70.6 Å². The highest BCUT2D eigenvalue weighted by Gasteiger charge is 2.26. The van der Waals surface area contributed by atoms with Crippen molar-refractivity contribution in [1.29, 1.82) is 0 Å². The van der Waals surface area contributed by atoms with E-state index in [9.17, 15) is 4.79 Å². The maximum absolute atomic E-state index is 12.9. The quantitative estimate of drug-likeness (QED) is 0.549. The molecule has 6 heteroatoms. The van der Waals surface area contributed by atoms with Gasteiger partial charge in [0, 0.05) is 30.3 Å². The normalized spacial score (nSPS) is 14.9. The van der Waals surface area contributed by atoms with Crippen LogP contribution in [0.3, 0.4) is 0 Å². The number of furan rings is 1. The lowest BCUT2D eigenvalue weighted by molar-refractivity contribution is 0.0916. The van der Waals surface area contributed by atoms with Gasteiger partial charge < -0.3 is 14.2 Å². The number of hydrogen-bond donors (Lipinski definition) is 1. The summed E-state index contributed by atoms with van der Waals surface area (Å²) in [4.78, 5) is 12.9. The standard InChI is InChI=1S/C23H27N3O3/c1-5-18(7-6-8-20-26-25-15(4)28-20)24-23(27)22-14(3)19-12-17(16-9-10-16)11-13(2)21(19)29-22/h5,11-12,16,18H,1,6-10H2,2-4H3,(H,24,27). The van der Waals surface area contributed by atoms with Gasteiger partial charge in [-0.1, -0.05) is 12.1 Å². The average Bonchev–Trinajstić information content (AvgIpc) is 3.39. The van der Waals surface area contributed by atoms with Crippen molar-refractivity contribution in [3.8, 4) is 0 Å². The molecule has 1 saturated carbocycles. The second-order valence-electron chi connectivity index (χ2n) is 7.97. The van der Waals surface area contributed by atoms with Gasteiger partial charge in [-0.3, -0.25) is 4.79 Å². The van der Waals surface area contributed by atoms with Gasteiger partial charge in [0.1, 0.15) is 5.58 Å². The Bertz CT molecular complexity index is 1060. The molecule has 1 N–H and O–H groups in total. The maximum atomic E-state index is 12.9. The van der Waals surface area contributed by atoms with E-state index < -0.39 is 0 Å². The summed E-state index contributed by atoms with van der Waals surface area (Å²) >= 11 is 0. The highest BCUT2D eigenvalue weighted by molar-refractivity contribution is 6.00. The summed E-state index contributed by atoms with van der Waals surface area (Å²) < 4.78 is 11.4. The molecule has 2 heterocycles. The Morgan fingerprint density at radius 3 is 2.72 bits per heavy atom. The van der Waals surface area contributed by atoms with E-state index in [0.29, 0.717) is 29.9 Å². The third-order valence-electron chi connectivity index (χ3n) is 5.58. The van der Waals surface area contributed by atoms with Crippen LogP contribution < -0.4 is 5.32 Å². The Morgan fingerprint density at radius 2 is 2.07 bits per heavy atom. The van der Waals surface area contributed by atoms with Crippen LogP contribution in [0.15, 0.2) is 33.6 Å². The van der Waals surface area contributed by atoms with Crippen LogP contribution in [0.2, 0.25) is 0 Å². The summed E-state index contributed by atoms with van der Waals surface area (Å²) in [7, 11) is 0. The first-order chi connectivity index (χ1) is 14.0. The highest BCUT2D eigenvalue weighted by atomic mass is 16.4. The van der Waals surface area contributed by atoms with Crippen molar-refractivity contribution < 1.29 is 13.6 Å². The molecule has 152 valence electrons. The van der Waals surface area contributed by atoms with Gasteiger partial charge >= 0.3 is 0 Å². The topological polar surface area (TPSA) is 81.2 Å². The Labute approximate surface area is 170 Å². The van der Waals surface area contributed by atoms with Crippen LogP contribution in [-0.4, -0.2) is 22.1 Å². The predicted molar refractivity (Wildman–Crippen MR) is 111 cm³/mol. The van der Waals surface area contributed by atoms with Crippen molar-refractivity contribution in [3.05, 3.63) is 59.0 Å². The highest BCUT2D eigenvalue weighted by Crippen LogP contribution is 2.42. The van der Waals surface area contributed by atoms with E-state index in [2.05, 4.69) is 34.2 Å². The summed E-state index contributed by atoms with van der Waals surface area (Å²) in [5.74, 6) is 2.03. The van der Waals surface area contributed by atoms with E-state index in [-0.39, 0.29) is 11.9 Å². The molecule has 2 aromatic heterocycles. The van der Waals surface area contributed by atoms with Crippen LogP contribution in [0.25, 0.3) is 11.0 Å². The molecule has 0 spiro atoms. The van der Waals surface area contributed by atoms with Crippen molar-refractivity contribution in [2.45, 2.75) is 64.8 Å². The first kappa shape index (κ1) is 19.4. The van der Waals surface area contributed by atoms with E-state index in [4.69, 9.17) is 8.83 Å². The fraction of sp³-hybridized carbons (Fsp3) is 0.435. The number of aryl methyl sites for hydroxylation is 4. The van der Waals surface area contributed by atoms with E-state index in [1.165, 1.54) is 18.4 Å². The number of carbonyl (C=O) groups excluding carboxylic acids is 1. The van der Waals surface area contributed by atoms with Crippen molar-refractivity contribution in [3.63, 3.8) is 0 Å². The molecule has 0 saturated heterocycles. The second-order valence-corrected chi connectivity index (χ2v) is 7.97. The van der Waals surface area contributed by atoms with E-state index in [0.717, 1.165) is 34.9 Å². The van der Waals surface area contributed by atoms with Gasteiger partial charge in [-0.2, -0.15) is 0 Å². The summed E-state index contributed by atoms with van der Waals surface area (Å²) in [5, 5.41) is 11.9. The number of carbonyl (C=O) groups is 1. The molecular weight excluding hydrogens is 366 g/mol. The fourth-order valence-electron chi connectivity index (χ4n) is 3.78.